The minimum absolute atomic E-state index is 0. The van der Waals surface area contributed by atoms with Gasteiger partial charge < -0.3 is 10.6 Å². The molecule has 1 amide bonds. The van der Waals surface area contributed by atoms with E-state index in [9.17, 15) is 4.79 Å². The van der Waals surface area contributed by atoms with Gasteiger partial charge >= 0.3 is 0 Å². The number of rotatable bonds is 5. The molecule has 0 fully saturated rings. The molecule has 0 unspecified atom stereocenters. The number of nitrogens with one attached hydrogen (secondary N) is 2. The summed E-state index contributed by atoms with van der Waals surface area (Å²) in [5.74, 6) is 0.0258. The van der Waals surface area contributed by atoms with Crippen molar-refractivity contribution in [1.82, 2.24) is 10.6 Å². The molecule has 0 radical (unpaired) electrons. The fraction of sp³-hybridized carbons (Fsp3) is 0.500. The minimum Gasteiger partial charge on any atom is -0.351 e. The second-order valence-corrected chi connectivity index (χ2v) is 4.38. The number of carbonyl (C=O) groups excluding carboxylic acids is 1. The molecule has 0 spiro atoms. The van der Waals surface area contributed by atoms with Crippen molar-refractivity contribution in [2.75, 3.05) is 19.6 Å². The van der Waals surface area contributed by atoms with Crippen LogP contribution in [0.3, 0.4) is 0 Å². The van der Waals surface area contributed by atoms with Crippen LogP contribution in [0.5, 0.6) is 0 Å². The van der Waals surface area contributed by atoms with Gasteiger partial charge in [0.05, 0.1) is 0 Å². The van der Waals surface area contributed by atoms with E-state index in [-0.39, 0.29) is 18.3 Å². The van der Waals surface area contributed by atoms with Crippen molar-refractivity contribution in [2.24, 2.45) is 0 Å². The first kappa shape index (κ1) is 16.9. The van der Waals surface area contributed by atoms with Gasteiger partial charge in [0.25, 0.3) is 5.91 Å². The molecule has 0 heterocycles. The number of carbonyl (C=O) groups is 1. The van der Waals surface area contributed by atoms with Crippen molar-refractivity contribution in [3.8, 4) is 0 Å². The van der Waals surface area contributed by atoms with Crippen molar-refractivity contribution in [2.45, 2.75) is 27.7 Å². The Hall–Kier alpha value is -1.06. The highest BCUT2D eigenvalue weighted by Gasteiger charge is 2.11. The van der Waals surface area contributed by atoms with E-state index in [2.05, 4.69) is 17.6 Å². The smallest absolute Gasteiger partial charge is 0.251 e. The summed E-state index contributed by atoms with van der Waals surface area (Å²) in [6.07, 6.45) is 0. The van der Waals surface area contributed by atoms with E-state index in [1.807, 2.05) is 32.9 Å². The number of hydrogen-bond donors (Lipinski definition) is 2. The van der Waals surface area contributed by atoms with E-state index < -0.39 is 0 Å². The van der Waals surface area contributed by atoms with Crippen LogP contribution in [0.1, 0.15) is 34.0 Å². The molecule has 0 saturated carbocycles. The van der Waals surface area contributed by atoms with E-state index in [1.54, 1.807) is 0 Å². The Morgan fingerprint density at radius 1 is 1.11 bits per heavy atom. The molecular formula is C14H23ClN2O. The van der Waals surface area contributed by atoms with Crippen LogP contribution in [0.15, 0.2) is 12.1 Å². The molecule has 18 heavy (non-hydrogen) atoms. The highest BCUT2D eigenvalue weighted by molar-refractivity contribution is 5.97. The van der Waals surface area contributed by atoms with Gasteiger partial charge in [-0.2, -0.15) is 0 Å². The highest BCUT2D eigenvalue weighted by Crippen LogP contribution is 2.15. The molecular weight excluding hydrogens is 248 g/mol. The second-order valence-electron chi connectivity index (χ2n) is 4.38. The van der Waals surface area contributed by atoms with Gasteiger partial charge in [-0.15, -0.1) is 12.4 Å². The Morgan fingerprint density at radius 3 is 2.17 bits per heavy atom. The zero-order valence-electron chi connectivity index (χ0n) is 11.6. The number of hydrogen-bond acceptors (Lipinski definition) is 2. The van der Waals surface area contributed by atoms with Crippen molar-refractivity contribution in [3.05, 3.63) is 34.4 Å². The quantitative estimate of drug-likeness (QED) is 0.807. The van der Waals surface area contributed by atoms with Crippen LogP contribution >= 0.6 is 12.4 Å². The van der Waals surface area contributed by atoms with Crippen LogP contribution in [-0.4, -0.2) is 25.5 Å². The predicted octanol–water partition coefficient (Wildman–Crippen LogP) is 2.37. The minimum atomic E-state index is 0. The number of amides is 1. The molecule has 1 rings (SSSR count). The fourth-order valence-electron chi connectivity index (χ4n) is 2.07. The molecule has 1 aromatic rings. The number of halogens is 1. The van der Waals surface area contributed by atoms with E-state index in [0.717, 1.165) is 29.8 Å². The maximum absolute atomic E-state index is 12.0. The number of likely N-dealkylation sites (N-methyl/N-ethyl adjacent to an activating group) is 1. The summed E-state index contributed by atoms with van der Waals surface area (Å²) in [5.41, 5.74) is 4.10. The lowest BCUT2D eigenvalue weighted by Crippen LogP contribution is -2.32. The van der Waals surface area contributed by atoms with Crippen molar-refractivity contribution >= 4 is 18.3 Å². The van der Waals surface area contributed by atoms with Crippen molar-refractivity contribution < 1.29 is 4.79 Å². The average molecular weight is 271 g/mol. The largest absolute Gasteiger partial charge is 0.351 e. The van der Waals surface area contributed by atoms with Crippen LogP contribution in [-0.2, 0) is 0 Å². The third-order valence-corrected chi connectivity index (χ3v) is 2.74. The summed E-state index contributed by atoms with van der Waals surface area (Å²) in [7, 11) is 0. The standard InChI is InChI=1S/C14H22N2O.ClH/c1-5-15-6-7-16-14(17)13-11(3)8-10(2)9-12(13)4;/h8-9,15H,5-7H2,1-4H3,(H,16,17);1H. The van der Waals surface area contributed by atoms with Crippen LogP contribution in [0, 0.1) is 20.8 Å². The maximum Gasteiger partial charge on any atom is 0.251 e. The molecule has 0 aromatic heterocycles. The normalized spacial score (nSPS) is 9.78. The summed E-state index contributed by atoms with van der Waals surface area (Å²) in [6, 6.07) is 4.10. The lowest BCUT2D eigenvalue weighted by Gasteiger charge is -2.11. The first-order valence-corrected chi connectivity index (χ1v) is 6.13. The van der Waals surface area contributed by atoms with E-state index in [1.165, 1.54) is 5.56 Å². The monoisotopic (exact) mass is 270 g/mol. The molecule has 3 nitrogen and oxygen atoms in total. The second kappa shape index (κ2) is 8.11. The van der Waals surface area contributed by atoms with Crippen LogP contribution in [0.25, 0.3) is 0 Å². The van der Waals surface area contributed by atoms with Crippen molar-refractivity contribution in [3.63, 3.8) is 0 Å². The number of aryl methyl sites for hydroxylation is 3. The van der Waals surface area contributed by atoms with Gasteiger partial charge in [0.2, 0.25) is 0 Å². The Morgan fingerprint density at radius 2 is 1.67 bits per heavy atom. The molecule has 0 aliphatic heterocycles. The maximum atomic E-state index is 12.0. The first-order chi connectivity index (χ1) is 8.06. The van der Waals surface area contributed by atoms with Gasteiger partial charge in [0.1, 0.15) is 0 Å². The predicted molar refractivity (Wildman–Crippen MR) is 78.8 cm³/mol. The Kier molecular flexibility index (Phi) is 7.64. The van der Waals surface area contributed by atoms with E-state index in [0.29, 0.717) is 6.54 Å². The Bertz CT molecular complexity index is 382. The fourth-order valence-corrected chi connectivity index (χ4v) is 2.07. The van der Waals surface area contributed by atoms with E-state index >= 15 is 0 Å². The van der Waals surface area contributed by atoms with Gasteiger partial charge in [-0.1, -0.05) is 24.6 Å². The zero-order chi connectivity index (χ0) is 12.8. The summed E-state index contributed by atoms with van der Waals surface area (Å²) in [4.78, 5) is 12.0. The molecule has 0 saturated heterocycles. The first-order valence-electron chi connectivity index (χ1n) is 6.13. The topological polar surface area (TPSA) is 41.1 Å². The molecule has 4 heteroatoms. The Labute approximate surface area is 116 Å². The third-order valence-electron chi connectivity index (χ3n) is 2.74. The van der Waals surface area contributed by atoms with Gasteiger partial charge in [-0.05, 0) is 38.4 Å². The molecule has 0 aliphatic rings. The summed E-state index contributed by atoms with van der Waals surface area (Å²) < 4.78 is 0. The summed E-state index contributed by atoms with van der Waals surface area (Å²) in [6.45, 7) is 10.5. The summed E-state index contributed by atoms with van der Waals surface area (Å²) in [5, 5.41) is 6.11. The van der Waals surface area contributed by atoms with Gasteiger partial charge in [-0.25, -0.2) is 0 Å². The lowest BCUT2D eigenvalue weighted by molar-refractivity contribution is 0.0953. The third kappa shape index (κ3) is 4.67. The highest BCUT2D eigenvalue weighted by atomic mass is 35.5. The molecule has 0 bridgehead atoms. The SMILES string of the molecule is CCNCCNC(=O)c1c(C)cc(C)cc1C.Cl. The van der Waals surface area contributed by atoms with Crippen molar-refractivity contribution in [1.29, 1.82) is 0 Å². The van der Waals surface area contributed by atoms with E-state index in [4.69, 9.17) is 0 Å². The van der Waals surface area contributed by atoms with Gasteiger partial charge in [-0.3, -0.25) is 4.79 Å². The summed E-state index contributed by atoms with van der Waals surface area (Å²) >= 11 is 0. The zero-order valence-corrected chi connectivity index (χ0v) is 12.4. The average Bonchev–Trinajstić information content (AvgIpc) is 2.23. The molecule has 0 atom stereocenters. The molecule has 102 valence electrons. The van der Waals surface area contributed by atoms with Gasteiger partial charge in [0.15, 0.2) is 0 Å². The molecule has 1 aromatic carbocycles. The van der Waals surface area contributed by atoms with Crippen LogP contribution in [0.2, 0.25) is 0 Å². The number of benzene rings is 1. The molecule has 2 N–H and O–H groups in total. The lowest BCUT2D eigenvalue weighted by atomic mass is 9.99. The van der Waals surface area contributed by atoms with Crippen LogP contribution < -0.4 is 10.6 Å². The Balaban J connectivity index is 0.00000289. The molecule has 0 aliphatic carbocycles. The van der Waals surface area contributed by atoms with Crippen LogP contribution in [0.4, 0.5) is 0 Å². The van der Waals surface area contributed by atoms with Gasteiger partial charge in [0, 0.05) is 18.7 Å².